The second-order valence-electron chi connectivity index (χ2n) is 5.15. The Morgan fingerprint density at radius 2 is 1.96 bits per heavy atom. The summed E-state index contributed by atoms with van der Waals surface area (Å²) in [5, 5.41) is 2.82. The van der Waals surface area contributed by atoms with Gasteiger partial charge in [0, 0.05) is 38.1 Å². The Morgan fingerprint density at radius 1 is 1.17 bits per heavy atom. The average Bonchev–Trinajstić information content (AvgIpc) is 2.59. The summed E-state index contributed by atoms with van der Waals surface area (Å²) in [5.41, 5.74) is 2.52. The molecule has 1 N–H and O–H groups in total. The summed E-state index contributed by atoms with van der Waals surface area (Å²) in [5.74, 6) is -0.230. The second kappa shape index (κ2) is 8.08. The molecule has 0 saturated heterocycles. The molecule has 23 heavy (non-hydrogen) atoms. The van der Waals surface area contributed by atoms with Gasteiger partial charge in [0.2, 0.25) is 5.91 Å². The van der Waals surface area contributed by atoms with Gasteiger partial charge in [-0.25, -0.2) is 0 Å². The number of amides is 2. The molecule has 5 heteroatoms. The molecule has 2 rings (SSSR count). The lowest BCUT2D eigenvalue weighted by molar-refractivity contribution is -0.116. The van der Waals surface area contributed by atoms with Gasteiger partial charge in [-0.1, -0.05) is 25.1 Å². The van der Waals surface area contributed by atoms with Gasteiger partial charge in [-0.05, 0) is 30.2 Å². The Bertz CT molecular complexity index is 671. The lowest BCUT2D eigenvalue weighted by Gasteiger charge is -2.24. The first-order chi connectivity index (χ1) is 11.1. The molecule has 1 heterocycles. The van der Waals surface area contributed by atoms with Crippen LogP contribution in [0.4, 0.5) is 5.69 Å². The molecule has 2 aromatic rings. The van der Waals surface area contributed by atoms with Crippen molar-refractivity contribution in [2.45, 2.75) is 20.3 Å². The van der Waals surface area contributed by atoms with Crippen LogP contribution in [0.2, 0.25) is 0 Å². The van der Waals surface area contributed by atoms with Crippen LogP contribution < -0.4 is 10.2 Å². The van der Waals surface area contributed by atoms with Gasteiger partial charge in [-0.15, -0.1) is 0 Å². The van der Waals surface area contributed by atoms with Gasteiger partial charge in [0.25, 0.3) is 5.91 Å². The number of nitrogens with one attached hydrogen (secondary N) is 1. The Morgan fingerprint density at radius 3 is 2.61 bits per heavy atom. The zero-order valence-electron chi connectivity index (χ0n) is 13.5. The molecule has 0 fully saturated rings. The maximum Gasteiger partial charge on any atom is 0.252 e. The minimum absolute atomic E-state index is 0.0403. The van der Waals surface area contributed by atoms with Gasteiger partial charge in [0.15, 0.2) is 0 Å². The number of para-hydroxylation sites is 1. The summed E-state index contributed by atoms with van der Waals surface area (Å²) in [6, 6.07) is 11.2. The van der Waals surface area contributed by atoms with Gasteiger partial charge >= 0.3 is 0 Å². The number of hydrogen-bond donors (Lipinski definition) is 1. The predicted molar refractivity (Wildman–Crippen MR) is 90.4 cm³/mol. The molecule has 0 bridgehead atoms. The van der Waals surface area contributed by atoms with E-state index in [1.807, 2.05) is 24.3 Å². The van der Waals surface area contributed by atoms with E-state index in [2.05, 4.69) is 17.2 Å². The molecule has 0 radical (unpaired) electrons. The molecule has 0 aliphatic rings. The molecule has 0 aliphatic carbocycles. The van der Waals surface area contributed by atoms with Crippen LogP contribution in [0.5, 0.6) is 0 Å². The summed E-state index contributed by atoms with van der Waals surface area (Å²) in [6.07, 6.45) is 3.99. The summed E-state index contributed by atoms with van der Waals surface area (Å²) < 4.78 is 0. The Kier molecular flexibility index (Phi) is 5.86. The number of anilines is 1. The third kappa shape index (κ3) is 4.39. The minimum Gasteiger partial charge on any atom is -0.350 e. The first-order valence-electron chi connectivity index (χ1n) is 7.67. The van der Waals surface area contributed by atoms with Crippen molar-refractivity contribution < 1.29 is 9.59 Å². The van der Waals surface area contributed by atoms with Crippen LogP contribution in [0.1, 0.15) is 29.8 Å². The van der Waals surface area contributed by atoms with Crippen LogP contribution in [0.25, 0.3) is 0 Å². The van der Waals surface area contributed by atoms with E-state index in [4.69, 9.17) is 0 Å². The van der Waals surface area contributed by atoms with E-state index in [0.29, 0.717) is 18.7 Å². The molecule has 0 unspecified atom stereocenters. The third-order valence-electron chi connectivity index (χ3n) is 3.59. The van der Waals surface area contributed by atoms with Crippen molar-refractivity contribution >= 4 is 17.5 Å². The second-order valence-corrected chi connectivity index (χ2v) is 5.15. The van der Waals surface area contributed by atoms with Gasteiger partial charge in [0.1, 0.15) is 0 Å². The van der Waals surface area contributed by atoms with Crippen molar-refractivity contribution in [3.8, 4) is 0 Å². The van der Waals surface area contributed by atoms with Crippen molar-refractivity contribution in [3.63, 3.8) is 0 Å². The van der Waals surface area contributed by atoms with E-state index < -0.39 is 0 Å². The van der Waals surface area contributed by atoms with E-state index in [1.165, 1.54) is 13.1 Å². The normalized spacial score (nSPS) is 10.2. The number of carbonyl (C=O) groups is 2. The van der Waals surface area contributed by atoms with Gasteiger partial charge in [-0.3, -0.25) is 14.6 Å². The molecule has 2 amide bonds. The lowest BCUT2D eigenvalue weighted by Crippen LogP contribution is -2.38. The van der Waals surface area contributed by atoms with Gasteiger partial charge in [0.05, 0.1) is 5.56 Å². The third-order valence-corrected chi connectivity index (χ3v) is 3.59. The summed E-state index contributed by atoms with van der Waals surface area (Å²) in [4.78, 5) is 29.6. The molecule has 0 atom stereocenters. The lowest BCUT2D eigenvalue weighted by atomic mass is 10.1. The molecule has 5 nitrogen and oxygen atoms in total. The van der Waals surface area contributed by atoms with Crippen molar-refractivity contribution in [3.05, 3.63) is 59.9 Å². The van der Waals surface area contributed by atoms with Crippen LogP contribution in [0.15, 0.2) is 48.8 Å². The number of nitrogens with zero attached hydrogens (tertiary/aromatic N) is 2. The fourth-order valence-corrected chi connectivity index (χ4v) is 2.40. The largest absolute Gasteiger partial charge is 0.350 e. The number of carbonyl (C=O) groups excluding carboxylic acids is 2. The highest BCUT2D eigenvalue weighted by Crippen LogP contribution is 2.20. The maximum atomic E-state index is 12.0. The molecular formula is C18H21N3O2. The monoisotopic (exact) mass is 311 g/mol. The summed E-state index contributed by atoms with van der Waals surface area (Å²) >= 11 is 0. The molecule has 1 aromatic heterocycles. The zero-order chi connectivity index (χ0) is 16.7. The van der Waals surface area contributed by atoms with Crippen molar-refractivity contribution in [2.24, 2.45) is 0 Å². The first-order valence-corrected chi connectivity index (χ1v) is 7.67. The van der Waals surface area contributed by atoms with E-state index in [-0.39, 0.29) is 11.8 Å². The highest BCUT2D eigenvalue weighted by atomic mass is 16.2. The Balaban J connectivity index is 2.01. The van der Waals surface area contributed by atoms with E-state index in [1.54, 1.807) is 23.2 Å². The topological polar surface area (TPSA) is 62.3 Å². The van der Waals surface area contributed by atoms with Crippen LogP contribution in [0, 0.1) is 0 Å². The summed E-state index contributed by atoms with van der Waals surface area (Å²) in [7, 11) is 0. The number of hydrogen-bond acceptors (Lipinski definition) is 3. The highest BCUT2D eigenvalue weighted by molar-refractivity contribution is 5.94. The molecule has 0 saturated carbocycles. The predicted octanol–water partition coefficient (Wildman–Crippen LogP) is 2.43. The van der Waals surface area contributed by atoms with Gasteiger partial charge < -0.3 is 10.2 Å². The SMILES string of the molecule is CCc1ccccc1N(CCNC(=O)c1cccnc1)C(C)=O. The molecular weight excluding hydrogens is 290 g/mol. The zero-order valence-corrected chi connectivity index (χ0v) is 13.5. The molecule has 0 aliphatic heterocycles. The Labute approximate surface area is 136 Å². The number of benzene rings is 1. The summed E-state index contributed by atoms with van der Waals surface area (Å²) in [6.45, 7) is 4.40. The molecule has 120 valence electrons. The maximum absolute atomic E-state index is 12.0. The number of aromatic nitrogens is 1. The number of rotatable bonds is 6. The molecule has 0 spiro atoms. The van der Waals surface area contributed by atoms with E-state index in [9.17, 15) is 9.59 Å². The average molecular weight is 311 g/mol. The minimum atomic E-state index is -0.189. The van der Waals surface area contributed by atoms with Crippen LogP contribution in [-0.2, 0) is 11.2 Å². The van der Waals surface area contributed by atoms with Gasteiger partial charge in [-0.2, -0.15) is 0 Å². The van der Waals surface area contributed by atoms with Crippen LogP contribution in [0.3, 0.4) is 0 Å². The van der Waals surface area contributed by atoms with Crippen LogP contribution in [-0.4, -0.2) is 29.9 Å². The van der Waals surface area contributed by atoms with Crippen molar-refractivity contribution in [1.29, 1.82) is 0 Å². The first kappa shape index (κ1) is 16.7. The van der Waals surface area contributed by atoms with E-state index in [0.717, 1.165) is 17.7 Å². The number of aryl methyl sites for hydroxylation is 1. The standard InChI is InChI=1S/C18H21N3O2/c1-3-15-7-4-5-9-17(15)21(14(2)22)12-11-20-18(23)16-8-6-10-19-13-16/h4-10,13H,3,11-12H2,1-2H3,(H,20,23). The fourth-order valence-electron chi connectivity index (χ4n) is 2.40. The van der Waals surface area contributed by atoms with E-state index >= 15 is 0 Å². The number of pyridine rings is 1. The van der Waals surface area contributed by atoms with Crippen LogP contribution >= 0.6 is 0 Å². The highest BCUT2D eigenvalue weighted by Gasteiger charge is 2.14. The molecule has 1 aromatic carbocycles. The quantitative estimate of drug-likeness (QED) is 0.891. The van der Waals surface area contributed by atoms with Crippen molar-refractivity contribution in [1.82, 2.24) is 10.3 Å². The smallest absolute Gasteiger partial charge is 0.252 e. The van der Waals surface area contributed by atoms with Crippen molar-refractivity contribution in [2.75, 3.05) is 18.0 Å². The Hall–Kier alpha value is -2.69. The fraction of sp³-hybridized carbons (Fsp3) is 0.278.